The van der Waals surface area contributed by atoms with Crippen LogP contribution in [0, 0.1) is 0 Å². The van der Waals surface area contributed by atoms with Crippen molar-refractivity contribution in [1.82, 2.24) is 0 Å². The molecule has 0 bridgehead atoms. The molecule has 0 fully saturated rings. The third-order valence-electron chi connectivity index (χ3n) is 11.6. The van der Waals surface area contributed by atoms with Crippen LogP contribution in [0.3, 0.4) is 0 Å². The minimum Gasteiger partial charge on any atom is -0.479 e. The van der Waals surface area contributed by atoms with Crippen LogP contribution in [0.1, 0.15) is 290 Å². The Labute approximate surface area is 348 Å². The molecule has 0 amide bonds. The lowest BCUT2D eigenvalue weighted by atomic mass is 10.0. The van der Waals surface area contributed by atoms with Gasteiger partial charge in [0.1, 0.15) is 0 Å². The number of carbonyl (C=O) groups excluding carboxylic acids is 2. The fraction of sp³-hybridized carbons (Fsp3) is 0.940. The van der Waals surface area contributed by atoms with Gasteiger partial charge in [0.15, 0.2) is 6.10 Å². The van der Waals surface area contributed by atoms with Gasteiger partial charge >= 0.3 is 17.9 Å². The van der Waals surface area contributed by atoms with Gasteiger partial charge in [0.2, 0.25) is 0 Å². The van der Waals surface area contributed by atoms with E-state index < -0.39 is 12.1 Å². The Morgan fingerprint density at radius 1 is 0.357 bits per heavy atom. The lowest BCUT2D eigenvalue weighted by Gasteiger charge is -2.13. The van der Waals surface area contributed by atoms with E-state index in [9.17, 15) is 19.5 Å². The summed E-state index contributed by atoms with van der Waals surface area (Å²) in [6.45, 7) is 5.12. The minimum absolute atomic E-state index is 0.00655. The van der Waals surface area contributed by atoms with Gasteiger partial charge < -0.3 is 14.6 Å². The fourth-order valence-corrected chi connectivity index (χ4v) is 7.84. The maximum absolute atomic E-state index is 12.2. The summed E-state index contributed by atoms with van der Waals surface area (Å²) in [4.78, 5) is 35.9. The molecule has 0 radical (unpaired) electrons. The summed E-state index contributed by atoms with van der Waals surface area (Å²) in [6.07, 6.45) is 50.4. The Morgan fingerprint density at radius 3 is 0.946 bits per heavy atom. The molecule has 0 aliphatic heterocycles. The smallest absolute Gasteiger partial charge is 0.345 e. The zero-order valence-corrected chi connectivity index (χ0v) is 37.7. The van der Waals surface area contributed by atoms with E-state index >= 15 is 0 Å². The van der Waals surface area contributed by atoms with Crippen LogP contribution in [-0.4, -0.2) is 35.7 Å². The normalized spacial score (nSPS) is 11.9. The molecular formula is C50H96O6. The van der Waals surface area contributed by atoms with Crippen LogP contribution < -0.4 is 0 Å². The summed E-state index contributed by atoms with van der Waals surface area (Å²) in [5, 5.41) is 9.53. The van der Waals surface area contributed by atoms with Crippen LogP contribution in [0.4, 0.5) is 0 Å². The van der Waals surface area contributed by atoms with Gasteiger partial charge in [0.05, 0.1) is 6.61 Å². The Kier molecular flexibility index (Phi) is 44.8. The first kappa shape index (κ1) is 54.4. The molecule has 0 aromatic carbocycles. The summed E-state index contributed by atoms with van der Waals surface area (Å²) < 4.78 is 10.8. The second-order valence-corrected chi connectivity index (χ2v) is 17.3. The topological polar surface area (TPSA) is 89.9 Å². The fourth-order valence-electron chi connectivity index (χ4n) is 7.84. The molecule has 0 aliphatic carbocycles. The van der Waals surface area contributed by atoms with Gasteiger partial charge in [-0.2, -0.15) is 0 Å². The highest BCUT2D eigenvalue weighted by Crippen LogP contribution is 2.17. The number of hydrogen-bond donors (Lipinski definition) is 1. The van der Waals surface area contributed by atoms with E-state index in [1.165, 1.54) is 193 Å². The molecule has 6 heteroatoms. The average molecular weight is 793 g/mol. The number of rotatable bonds is 47. The Balaban J connectivity index is 3.43. The van der Waals surface area contributed by atoms with E-state index in [0.717, 1.165) is 64.2 Å². The highest BCUT2D eigenvalue weighted by Gasteiger charge is 2.21. The van der Waals surface area contributed by atoms with Gasteiger partial charge in [-0.3, -0.25) is 9.59 Å². The first-order valence-electron chi connectivity index (χ1n) is 25.1. The SMILES string of the molecule is CCCCCCCCCCCCCCCC(=O)OCCCCCCCCCCCCCCCCC(OC(=O)CCCCCCCCCCCCCCC)C(=O)O. The molecule has 0 aromatic heterocycles. The maximum atomic E-state index is 12.2. The van der Waals surface area contributed by atoms with Crippen molar-refractivity contribution in [3.63, 3.8) is 0 Å². The van der Waals surface area contributed by atoms with Crippen LogP contribution in [0.5, 0.6) is 0 Å². The van der Waals surface area contributed by atoms with Crippen molar-refractivity contribution < 1.29 is 29.0 Å². The number of hydrogen-bond acceptors (Lipinski definition) is 5. The molecule has 0 spiro atoms. The molecule has 0 heterocycles. The second kappa shape index (κ2) is 46.1. The molecular weight excluding hydrogens is 697 g/mol. The minimum atomic E-state index is -1.01. The lowest BCUT2D eigenvalue weighted by Crippen LogP contribution is -2.27. The standard InChI is InChI=1S/C50H96O6/c1-3-5-7-9-11-13-15-19-24-28-32-36-40-44-48(51)55-46-42-38-34-30-26-22-18-17-21-23-27-31-35-39-43-47(50(53)54)56-49(52)45-41-37-33-29-25-20-16-14-12-10-8-6-4-2/h47H,3-46H2,1-2H3,(H,53,54). The average Bonchev–Trinajstić information content (AvgIpc) is 3.19. The summed E-state index contributed by atoms with van der Waals surface area (Å²) in [5.74, 6) is -1.37. The monoisotopic (exact) mass is 793 g/mol. The molecule has 56 heavy (non-hydrogen) atoms. The maximum Gasteiger partial charge on any atom is 0.345 e. The van der Waals surface area contributed by atoms with Crippen LogP contribution >= 0.6 is 0 Å². The molecule has 1 N–H and O–H groups in total. The van der Waals surface area contributed by atoms with Gasteiger partial charge in [-0.1, -0.05) is 245 Å². The molecule has 0 rings (SSSR count). The van der Waals surface area contributed by atoms with Crippen molar-refractivity contribution in [2.24, 2.45) is 0 Å². The van der Waals surface area contributed by atoms with E-state index in [1.54, 1.807) is 0 Å². The number of carbonyl (C=O) groups is 3. The molecule has 0 saturated carbocycles. The first-order valence-corrected chi connectivity index (χ1v) is 25.1. The molecule has 1 atom stereocenters. The van der Waals surface area contributed by atoms with E-state index in [-0.39, 0.29) is 11.9 Å². The highest BCUT2D eigenvalue weighted by atomic mass is 16.6. The predicted octanol–water partition coefficient (Wildman–Crippen LogP) is 16.3. The van der Waals surface area contributed by atoms with E-state index in [2.05, 4.69) is 13.8 Å². The third kappa shape index (κ3) is 43.5. The summed E-state index contributed by atoms with van der Waals surface area (Å²) >= 11 is 0. The highest BCUT2D eigenvalue weighted by molar-refractivity contribution is 5.77. The Bertz CT molecular complexity index is 828. The Morgan fingerprint density at radius 2 is 0.625 bits per heavy atom. The zero-order chi connectivity index (χ0) is 40.8. The van der Waals surface area contributed by atoms with Crippen molar-refractivity contribution in [2.45, 2.75) is 296 Å². The van der Waals surface area contributed by atoms with Crippen LogP contribution in [0.25, 0.3) is 0 Å². The first-order chi connectivity index (χ1) is 27.5. The summed E-state index contributed by atoms with van der Waals surface area (Å²) in [6, 6.07) is 0. The van der Waals surface area contributed by atoms with Crippen molar-refractivity contribution in [3.8, 4) is 0 Å². The second-order valence-electron chi connectivity index (χ2n) is 17.3. The van der Waals surface area contributed by atoms with Crippen LogP contribution in [0.15, 0.2) is 0 Å². The van der Waals surface area contributed by atoms with Crippen molar-refractivity contribution in [3.05, 3.63) is 0 Å². The largest absolute Gasteiger partial charge is 0.479 e. The van der Waals surface area contributed by atoms with Gasteiger partial charge in [-0.15, -0.1) is 0 Å². The predicted molar refractivity (Wildman–Crippen MR) is 238 cm³/mol. The molecule has 332 valence electrons. The van der Waals surface area contributed by atoms with Crippen molar-refractivity contribution >= 4 is 17.9 Å². The lowest BCUT2D eigenvalue weighted by molar-refractivity contribution is -0.164. The summed E-state index contributed by atoms with van der Waals surface area (Å²) in [7, 11) is 0. The molecule has 0 aromatic rings. The summed E-state index contributed by atoms with van der Waals surface area (Å²) in [5.41, 5.74) is 0. The van der Waals surface area contributed by atoms with Crippen molar-refractivity contribution in [1.29, 1.82) is 0 Å². The number of carboxylic acid groups (broad SMARTS) is 1. The van der Waals surface area contributed by atoms with Crippen LogP contribution in [0.2, 0.25) is 0 Å². The van der Waals surface area contributed by atoms with E-state index in [1.807, 2.05) is 0 Å². The quantitative estimate of drug-likeness (QED) is 0.0487. The third-order valence-corrected chi connectivity index (χ3v) is 11.6. The Hall–Kier alpha value is -1.59. The molecule has 6 nitrogen and oxygen atoms in total. The van der Waals surface area contributed by atoms with Gasteiger partial charge in [-0.05, 0) is 32.1 Å². The molecule has 0 saturated heterocycles. The van der Waals surface area contributed by atoms with Crippen LogP contribution in [-0.2, 0) is 23.9 Å². The zero-order valence-electron chi connectivity index (χ0n) is 37.7. The van der Waals surface area contributed by atoms with Gasteiger partial charge in [0.25, 0.3) is 0 Å². The molecule has 1 unspecified atom stereocenters. The van der Waals surface area contributed by atoms with E-state index in [4.69, 9.17) is 9.47 Å². The van der Waals surface area contributed by atoms with Gasteiger partial charge in [0, 0.05) is 12.8 Å². The molecule has 0 aliphatic rings. The van der Waals surface area contributed by atoms with Crippen molar-refractivity contribution in [2.75, 3.05) is 6.61 Å². The van der Waals surface area contributed by atoms with Gasteiger partial charge in [-0.25, -0.2) is 4.79 Å². The number of carboxylic acids is 1. The number of unbranched alkanes of at least 4 members (excludes halogenated alkanes) is 37. The number of aliphatic carboxylic acids is 1. The number of ether oxygens (including phenoxy) is 2. The number of esters is 2. The van der Waals surface area contributed by atoms with E-state index in [0.29, 0.717) is 25.9 Å².